The van der Waals surface area contributed by atoms with Crippen LogP contribution in [0, 0.1) is 0 Å². The summed E-state index contributed by atoms with van der Waals surface area (Å²) in [5.74, 6) is 0.438. The van der Waals surface area contributed by atoms with Crippen LogP contribution >= 0.6 is 24.2 Å². The van der Waals surface area contributed by atoms with E-state index in [1.54, 1.807) is 4.57 Å². The molecule has 1 aromatic heterocycles. The maximum atomic E-state index is 12.3. The molecule has 0 aliphatic carbocycles. The summed E-state index contributed by atoms with van der Waals surface area (Å²) in [5.41, 5.74) is 5.14. The zero-order chi connectivity index (χ0) is 14.8. The summed E-state index contributed by atoms with van der Waals surface area (Å²) in [4.78, 5) is 28.8. The summed E-state index contributed by atoms with van der Waals surface area (Å²) in [6.45, 7) is 4.90. The van der Waals surface area contributed by atoms with Crippen LogP contribution in [0.3, 0.4) is 0 Å². The van der Waals surface area contributed by atoms with Gasteiger partial charge >= 0.3 is 0 Å². The molecule has 0 atom stereocenters. The molecule has 0 spiro atoms. The van der Waals surface area contributed by atoms with Gasteiger partial charge in [0.15, 0.2) is 5.16 Å². The van der Waals surface area contributed by atoms with Gasteiger partial charge in [-0.15, -0.1) is 12.4 Å². The minimum Gasteiger partial charge on any atom is -0.345 e. The highest BCUT2D eigenvalue weighted by atomic mass is 35.5. The van der Waals surface area contributed by atoms with Crippen molar-refractivity contribution in [2.75, 3.05) is 12.3 Å². The Hall–Kier alpha value is -1.05. The van der Waals surface area contributed by atoms with E-state index in [1.165, 1.54) is 18.0 Å². The van der Waals surface area contributed by atoms with E-state index in [9.17, 15) is 9.59 Å². The fraction of sp³-hybridized carbons (Fsp3) is 0.615. The molecular weight excluding hydrogens is 312 g/mol. The molecule has 1 amide bonds. The number of hydrogen-bond donors (Lipinski definition) is 2. The van der Waals surface area contributed by atoms with E-state index >= 15 is 0 Å². The fourth-order valence-corrected chi connectivity index (χ4v) is 3.16. The van der Waals surface area contributed by atoms with Crippen LogP contribution in [0.2, 0.25) is 0 Å². The zero-order valence-electron chi connectivity index (χ0n) is 12.2. The molecule has 118 valence electrons. The predicted molar refractivity (Wildman–Crippen MR) is 86.3 cm³/mol. The summed E-state index contributed by atoms with van der Waals surface area (Å²) in [7, 11) is 0. The number of rotatable bonds is 5. The number of hydrogen-bond acceptors (Lipinski definition) is 5. The van der Waals surface area contributed by atoms with Crippen LogP contribution < -0.4 is 16.6 Å². The molecule has 1 aromatic rings. The lowest BCUT2D eigenvalue weighted by Gasteiger charge is -2.31. The number of thioether (sulfide) groups is 1. The Morgan fingerprint density at radius 1 is 1.52 bits per heavy atom. The molecule has 0 unspecified atom stereocenters. The second-order valence-corrected chi connectivity index (χ2v) is 5.97. The van der Waals surface area contributed by atoms with E-state index in [4.69, 9.17) is 5.73 Å². The van der Waals surface area contributed by atoms with Gasteiger partial charge in [-0.3, -0.25) is 14.2 Å². The smallest absolute Gasteiger partial charge is 0.267 e. The van der Waals surface area contributed by atoms with Gasteiger partial charge in [-0.25, -0.2) is 4.98 Å². The molecule has 0 fully saturated rings. The first-order valence-corrected chi connectivity index (χ1v) is 7.80. The van der Waals surface area contributed by atoms with Crippen LogP contribution in [0.15, 0.2) is 16.1 Å². The average molecular weight is 333 g/mol. The highest BCUT2D eigenvalue weighted by molar-refractivity contribution is 7.99. The van der Waals surface area contributed by atoms with Gasteiger partial charge in [-0.05, 0) is 12.8 Å². The lowest BCUT2D eigenvalue weighted by molar-refractivity contribution is 0.0892. The molecule has 21 heavy (non-hydrogen) atoms. The van der Waals surface area contributed by atoms with Gasteiger partial charge < -0.3 is 11.1 Å². The SMILES string of the molecule is CCC(CC)(CN)NC(=O)c1cnc2n(c1=O)CCS2.Cl. The molecule has 1 aliphatic heterocycles. The number of aromatic nitrogens is 2. The van der Waals surface area contributed by atoms with Gasteiger partial charge in [0.1, 0.15) is 5.56 Å². The van der Waals surface area contributed by atoms with Crippen LogP contribution in [-0.4, -0.2) is 33.3 Å². The molecule has 2 heterocycles. The number of carbonyl (C=O) groups excluding carboxylic acids is 1. The van der Waals surface area contributed by atoms with Gasteiger partial charge in [-0.2, -0.15) is 0 Å². The molecule has 3 N–H and O–H groups in total. The van der Waals surface area contributed by atoms with Crippen molar-refractivity contribution < 1.29 is 4.79 Å². The van der Waals surface area contributed by atoms with Crippen molar-refractivity contribution in [2.45, 2.75) is 43.9 Å². The van der Waals surface area contributed by atoms with Crippen molar-refractivity contribution in [3.8, 4) is 0 Å². The number of nitrogens with one attached hydrogen (secondary N) is 1. The van der Waals surface area contributed by atoms with Crippen LogP contribution in [-0.2, 0) is 6.54 Å². The van der Waals surface area contributed by atoms with Crippen LogP contribution in [0.5, 0.6) is 0 Å². The molecule has 0 bridgehead atoms. The van der Waals surface area contributed by atoms with Crippen molar-refractivity contribution >= 4 is 30.1 Å². The Morgan fingerprint density at radius 2 is 2.19 bits per heavy atom. The summed E-state index contributed by atoms with van der Waals surface area (Å²) < 4.78 is 1.56. The Balaban J connectivity index is 0.00000220. The molecule has 0 saturated carbocycles. The highest BCUT2D eigenvalue weighted by Gasteiger charge is 2.29. The lowest BCUT2D eigenvalue weighted by Crippen LogP contribution is -2.53. The largest absolute Gasteiger partial charge is 0.345 e. The fourth-order valence-electron chi connectivity index (χ4n) is 2.25. The standard InChI is InChI=1S/C13H20N4O2S.ClH/c1-3-13(4-2,8-14)16-10(18)9-7-15-12-17(11(9)19)5-6-20-12;/h7H,3-6,8,14H2,1-2H3,(H,16,18);1H. The third-order valence-electron chi connectivity index (χ3n) is 3.92. The van der Waals surface area contributed by atoms with E-state index < -0.39 is 5.54 Å². The van der Waals surface area contributed by atoms with Crippen LogP contribution in [0.4, 0.5) is 0 Å². The van der Waals surface area contributed by atoms with Crippen molar-refractivity contribution in [1.82, 2.24) is 14.9 Å². The third-order valence-corrected chi connectivity index (χ3v) is 4.89. The summed E-state index contributed by atoms with van der Waals surface area (Å²) in [5, 5.41) is 3.59. The van der Waals surface area contributed by atoms with E-state index in [-0.39, 0.29) is 29.4 Å². The number of nitrogens with two attached hydrogens (primary N) is 1. The molecule has 0 saturated heterocycles. The first-order valence-electron chi connectivity index (χ1n) is 6.82. The minimum atomic E-state index is -0.456. The number of fused-ring (bicyclic) bond motifs is 1. The highest BCUT2D eigenvalue weighted by Crippen LogP contribution is 2.20. The third kappa shape index (κ3) is 3.41. The summed E-state index contributed by atoms with van der Waals surface area (Å²) in [6, 6.07) is 0. The van der Waals surface area contributed by atoms with Gasteiger partial charge in [0, 0.05) is 25.0 Å². The number of nitrogens with zero attached hydrogens (tertiary/aromatic N) is 2. The molecule has 2 rings (SSSR count). The van der Waals surface area contributed by atoms with Crippen LogP contribution in [0.25, 0.3) is 0 Å². The number of halogens is 1. The molecule has 8 heteroatoms. The Kier molecular flexibility index (Phi) is 6.24. The van der Waals surface area contributed by atoms with Crippen molar-refractivity contribution in [1.29, 1.82) is 0 Å². The van der Waals surface area contributed by atoms with Gasteiger partial charge in [0.2, 0.25) is 0 Å². The molecule has 0 aromatic carbocycles. The second-order valence-electron chi connectivity index (χ2n) is 4.91. The lowest BCUT2D eigenvalue weighted by atomic mass is 9.92. The number of carbonyl (C=O) groups is 1. The average Bonchev–Trinajstić information content (AvgIpc) is 2.94. The predicted octanol–water partition coefficient (Wildman–Crippen LogP) is 1.02. The maximum absolute atomic E-state index is 12.3. The normalized spacial score (nSPS) is 13.5. The zero-order valence-corrected chi connectivity index (χ0v) is 13.9. The Bertz CT molecular complexity index is 564. The summed E-state index contributed by atoms with van der Waals surface area (Å²) >= 11 is 1.53. The summed E-state index contributed by atoms with van der Waals surface area (Å²) in [6.07, 6.45) is 2.82. The molecule has 1 aliphatic rings. The van der Waals surface area contributed by atoms with E-state index in [1.807, 2.05) is 13.8 Å². The quantitative estimate of drug-likeness (QED) is 0.786. The van der Waals surface area contributed by atoms with Crippen LogP contribution in [0.1, 0.15) is 37.0 Å². The first kappa shape index (κ1) is 18.0. The van der Waals surface area contributed by atoms with Crippen molar-refractivity contribution in [3.05, 3.63) is 22.1 Å². The Morgan fingerprint density at radius 3 is 2.76 bits per heavy atom. The van der Waals surface area contributed by atoms with Gasteiger partial charge in [0.25, 0.3) is 11.5 Å². The maximum Gasteiger partial charge on any atom is 0.267 e. The molecule has 0 radical (unpaired) electrons. The van der Waals surface area contributed by atoms with Crippen molar-refractivity contribution in [3.63, 3.8) is 0 Å². The monoisotopic (exact) mass is 332 g/mol. The second kappa shape index (κ2) is 7.29. The van der Waals surface area contributed by atoms with E-state index in [2.05, 4.69) is 10.3 Å². The topological polar surface area (TPSA) is 90.0 Å². The van der Waals surface area contributed by atoms with Crippen molar-refractivity contribution in [2.24, 2.45) is 5.73 Å². The first-order chi connectivity index (χ1) is 9.56. The van der Waals surface area contributed by atoms with E-state index in [0.717, 1.165) is 18.6 Å². The number of amides is 1. The van der Waals surface area contributed by atoms with Gasteiger partial charge in [-0.1, -0.05) is 25.6 Å². The Labute approximate surface area is 134 Å². The molecular formula is C13H21ClN4O2S. The van der Waals surface area contributed by atoms with Gasteiger partial charge in [0.05, 0.1) is 5.54 Å². The molecule has 6 nitrogen and oxygen atoms in total. The van der Waals surface area contributed by atoms with E-state index in [0.29, 0.717) is 18.2 Å². The minimum absolute atomic E-state index is 0.